The number of rotatable bonds is 3. The van der Waals surface area contributed by atoms with Crippen LogP contribution in [0.15, 0.2) is 12.1 Å². The number of benzene rings is 1. The predicted molar refractivity (Wildman–Crippen MR) is 74.6 cm³/mol. The minimum atomic E-state index is -1.50. The summed E-state index contributed by atoms with van der Waals surface area (Å²) in [7, 11) is 0. The van der Waals surface area contributed by atoms with E-state index in [9.17, 15) is 9.59 Å². The van der Waals surface area contributed by atoms with Crippen LogP contribution in [0.1, 0.15) is 47.8 Å². The van der Waals surface area contributed by atoms with E-state index < -0.39 is 17.8 Å². The molecule has 0 fully saturated rings. The average molecular weight is 263 g/mol. The maximum Gasteiger partial charge on any atom is 0.328 e. The number of aryl methyl sites for hydroxylation is 2. The van der Waals surface area contributed by atoms with Gasteiger partial charge >= 0.3 is 5.97 Å². The molecule has 1 atom stereocenters. The van der Waals surface area contributed by atoms with Crippen molar-refractivity contribution in [2.75, 3.05) is 0 Å². The van der Waals surface area contributed by atoms with Crippen LogP contribution in [-0.2, 0) is 10.2 Å². The molecule has 0 radical (unpaired) electrons. The number of carboxylic acid groups (broad SMARTS) is 1. The van der Waals surface area contributed by atoms with Crippen LogP contribution < -0.4 is 5.73 Å². The molecule has 0 aliphatic heterocycles. The Morgan fingerprint density at radius 1 is 1.16 bits per heavy atom. The summed E-state index contributed by atoms with van der Waals surface area (Å²) in [5, 5.41) is 8.83. The fraction of sp³-hybridized carbons (Fsp3) is 0.467. The Labute approximate surface area is 113 Å². The average Bonchev–Trinajstić information content (AvgIpc) is 2.25. The summed E-state index contributed by atoms with van der Waals surface area (Å²) in [6.45, 7) is 9.89. The van der Waals surface area contributed by atoms with Crippen molar-refractivity contribution in [2.24, 2.45) is 5.73 Å². The normalized spacial score (nSPS) is 13.2. The lowest BCUT2D eigenvalue weighted by Crippen LogP contribution is -2.39. The molecule has 1 unspecified atom stereocenters. The fourth-order valence-corrected chi connectivity index (χ4v) is 2.05. The fourth-order valence-electron chi connectivity index (χ4n) is 2.05. The molecule has 0 aromatic heterocycles. The lowest BCUT2D eigenvalue weighted by Gasteiger charge is -2.22. The third-order valence-electron chi connectivity index (χ3n) is 3.19. The van der Waals surface area contributed by atoms with Gasteiger partial charge in [-0.2, -0.15) is 0 Å². The first-order chi connectivity index (χ1) is 8.55. The van der Waals surface area contributed by atoms with Crippen LogP contribution in [0.5, 0.6) is 0 Å². The van der Waals surface area contributed by atoms with Crippen molar-refractivity contribution in [1.82, 2.24) is 0 Å². The van der Waals surface area contributed by atoms with Gasteiger partial charge in [-0.05, 0) is 36.0 Å². The van der Waals surface area contributed by atoms with Crippen molar-refractivity contribution in [3.8, 4) is 0 Å². The van der Waals surface area contributed by atoms with Gasteiger partial charge in [-0.25, -0.2) is 0 Å². The lowest BCUT2D eigenvalue weighted by atomic mass is 9.82. The van der Waals surface area contributed by atoms with E-state index in [4.69, 9.17) is 10.8 Å². The van der Waals surface area contributed by atoms with Crippen molar-refractivity contribution >= 4 is 11.8 Å². The number of nitrogens with two attached hydrogens (primary N) is 1. The first-order valence-corrected chi connectivity index (χ1v) is 6.20. The van der Waals surface area contributed by atoms with Crippen molar-refractivity contribution in [3.63, 3.8) is 0 Å². The molecule has 104 valence electrons. The summed E-state index contributed by atoms with van der Waals surface area (Å²) < 4.78 is 0. The maximum absolute atomic E-state index is 12.1. The molecule has 1 aromatic carbocycles. The molecule has 1 aromatic rings. The highest BCUT2D eigenvalue weighted by Gasteiger charge is 2.26. The van der Waals surface area contributed by atoms with Gasteiger partial charge in [0.1, 0.15) is 0 Å². The van der Waals surface area contributed by atoms with Gasteiger partial charge in [0.05, 0.1) is 0 Å². The van der Waals surface area contributed by atoms with Crippen LogP contribution in [0.25, 0.3) is 0 Å². The van der Waals surface area contributed by atoms with Gasteiger partial charge in [-0.15, -0.1) is 0 Å². The number of Topliss-reactive ketones (excluding diaryl/α,β-unsaturated/α-hetero) is 1. The minimum absolute atomic E-state index is 0.0218. The smallest absolute Gasteiger partial charge is 0.328 e. The molecule has 0 aliphatic rings. The zero-order chi connectivity index (χ0) is 15.0. The van der Waals surface area contributed by atoms with Gasteiger partial charge in [0.25, 0.3) is 0 Å². The van der Waals surface area contributed by atoms with Gasteiger partial charge in [0.2, 0.25) is 0 Å². The number of aliphatic carboxylic acids is 1. The number of hydrogen-bond acceptors (Lipinski definition) is 3. The molecular formula is C15H21NO3. The van der Waals surface area contributed by atoms with Crippen molar-refractivity contribution in [1.29, 1.82) is 0 Å². The Balaban J connectivity index is 3.33. The van der Waals surface area contributed by atoms with Crippen LogP contribution in [-0.4, -0.2) is 22.9 Å². The molecule has 0 bridgehead atoms. The van der Waals surface area contributed by atoms with Gasteiger partial charge in [0.15, 0.2) is 11.8 Å². The summed E-state index contributed by atoms with van der Waals surface area (Å²) in [6.07, 6.45) is 0. The number of hydrogen-bond donors (Lipinski definition) is 2. The van der Waals surface area contributed by atoms with Crippen molar-refractivity contribution in [3.05, 3.63) is 34.4 Å². The van der Waals surface area contributed by atoms with Gasteiger partial charge in [0, 0.05) is 5.56 Å². The number of carbonyl (C=O) groups is 2. The Hall–Kier alpha value is -1.68. The lowest BCUT2D eigenvalue weighted by molar-refractivity contribution is -0.137. The van der Waals surface area contributed by atoms with E-state index >= 15 is 0 Å². The van der Waals surface area contributed by atoms with Crippen LogP contribution in [0, 0.1) is 13.8 Å². The topological polar surface area (TPSA) is 80.4 Å². The maximum atomic E-state index is 12.1. The quantitative estimate of drug-likeness (QED) is 0.647. The second-order valence-corrected chi connectivity index (χ2v) is 5.92. The zero-order valence-electron chi connectivity index (χ0n) is 12.1. The highest BCUT2D eigenvalue weighted by Crippen LogP contribution is 2.27. The molecule has 0 heterocycles. The summed E-state index contributed by atoms with van der Waals surface area (Å²) in [6, 6.07) is 2.35. The molecule has 0 saturated heterocycles. The van der Waals surface area contributed by atoms with Crippen molar-refractivity contribution in [2.45, 2.75) is 46.1 Å². The second kappa shape index (κ2) is 5.13. The molecule has 4 heteroatoms. The zero-order valence-corrected chi connectivity index (χ0v) is 12.1. The van der Waals surface area contributed by atoms with Gasteiger partial charge < -0.3 is 10.8 Å². The molecule has 0 saturated carbocycles. The minimum Gasteiger partial charge on any atom is -0.480 e. The molecule has 3 N–H and O–H groups in total. The summed E-state index contributed by atoms with van der Waals surface area (Å²) in [5.74, 6) is -1.84. The molecule has 0 aliphatic carbocycles. The SMILES string of the molecule is Cc1cc(C(C)(C)C)cc(C)c1C(=O)C(N)C(=O)O. The number of ketones is 1. The van der Waals surface area contributed by atoms with Crippen LogP contribution in [0.4, 0.5) is 0 Å². The van der Waals surface area contributed by atoms with E-state index in [0.29, 0.717) is 5.56 Å². The van der Waals surface area contributed by atoms with E-state index in [1.807, 2.05) is 26.0 Å². The Bertz CT molecular complexity index is 504. The van der Waals surface area contributed by atoms with E-state index in [1.54, 1.807) is 0 Å². The van der Waals surface area contributed by atoms with E-state index in [0.717, 1.165) is 16.7 Å². The third-order valence-corrected chi connectivity index (χ3v) is 3.19. The van der Waals surface area contributed by atoms with Crippen LogP contribution >= 0.6 is 0 Å². The Kier molecular flexibility index (Phi) is 4.15. The predicted octanol–water partition coefficient (Wildman–Crippen LogP) is 2.20. The molecule has 1 rings (SSSR count). The summed E-state index contributed by atoms with van der Waals surface area (Å²) in [5.41, 5.74) is 8.46. The standard InChI is InChI=1S/C15H21NO3/c1-8-6-10(15(3,4)5)7-9(2)11(8)13(17)12(16)14(18)19/h6-7,12H,16H2,1-5H3,(H,18,19). The van der Waals surface area contributed by atoms with Crippen LogP contribution in [0.3, 0.4) is 0 Å². The van der Waals surface area contributed by atoms with Crippen molar-refractivity contribution < 1.29 is 14.7 Å². The van der Waals surface area contributed by atoms with Gasteiger partial charge in [-0.3, -0.25) is 9.59 Å². The highest BCUT2D eigenvalue weighted by molar-refractivity contribution is 6.12. The largest absolute Gasteiger partial charge is 0.480 e. The molecule has 19 heavy (non-hydrogen) atoms. The summed E-state index contributed by atoms with van der Waals surface area (Å²) in [4.78, 5) is 22.9. The number of carbonyl (C=O) groups excluding carboxylic acids is 1. The Morgan fingerprint density at radius 2 is 1.58 bits per heavy atom. The first kappa shape index (κ1) is 15.4. The Morgan fingerprint density at radius 3 is 1.89 bits per heavy atom. The summed E-state index contributed by atoms with van der Waals surface area (Å²) >= 11 is 0. The second-order valence-electron chi connectivity index (χ2n) is 5.92. The highest BCUT2D eigenvalue weighted by atomic mass is 16.4. The molecule has 0 amide bonds. The molecular weight excluding hydrogens is 242 g/mol. The molecule has 4 nitrogen and oxygen atoms in total. The van der Waals surface area contributed by atoms with E-state index in [2.05, 4.69) is 20.8 Å². The third kappa shape index (κ3) is 3.20. The van der Waals surface area contributed by atoms with E-state index in [-0.39, 0.29) is 5.41 Å². The molecule has 0 spiro atoms. The van der Waals surface area contributed by atoms with Crippen LogP contribution in [0.2, 0.25) is 0 Å². The monoisotopic (exact) mass is 263 g/mol. The number of carboxylic acids is 1. The first-order valence-electron chi connectivity index (χ1n) is 6.20. The van der Waals surface area contributed by atoms with Gasteiger partial charge in [-0.1, -0.05) is 32.9 Å². The van der Waals surface area contributed by atoms with E-state index in [1.165, 1.54) is 0 Å².